The summed E-state index contributed by atoms with van der Waals surface area (Å²) in [4.78, 5) is 0. The molecule has 0 aliphatic heterocycles. The first-order valence-electron chi connectivity index (χ1n) is 14.9. The van der Waals surface area contributed by atoms with Gasteiger partial charge in [-0.3, -0.25) is 0 Å². The summed E-state index contributed by atoms with van der Waals surface area (Å²) in [6.45, 7) is 8.86. The molecule has 0 nitrogen and oxygen atoms in total. The molecule has 0 saturated heterocycles. The Bertz CT molecular complexity index is 2280. The second kappa shape index (κ2) is 8.66. The molecule has 0 unspecified atom stereocenters. The molecular formula is C41H32. The van der Waals surface area contributed by atoms with E-state index in [1.165, 1.54) is 87.2 Å². The highest BCUT2D eigenvalue weighted by Gasteiger charge is 2.40. The zero-order valence-corrected chi connectivity index (χ0v) is 24.0. The molecule has 196 valence electrons. The average molecular weight is 525 g/mol. The molecule has 0 spiro atoms. The Morgan fingerprint density at radius 2 is 0.902 bits per heavy atom. The van der Waals surface area contributed by atoms with E-state index < -0.39 is 0 Å². The zero-order chi connectivity index (χ0) is 27.9. The van der Waals surface area contributed by atoms with Crippen LogP contribution in [0.5, 0.6) is 0 Å². The summed E-state index contributed by atoms with van der Waals surface area (Å²) in [5.41, 5.74) is 8.21. The van der Waals surface area contributed by atoms with E-state index in [2.05, 4.69) is 135 Å². The number of fused-ring (bicyclic) bond motifs is 8. The minimum absolute atomic E-state index is 0.144. The number of rotatable bonds is 1. The van der Waals surface area contributed by atoms with Gasteiger partial charge in [0, 0.05) is 5.41 Å². The van der Waals surface area contributed by atoms with E-state index >= 15 is 0 Å². The molecule has 0 fully saturated rings. The Labute approximate surface area is 241 Å². The zero-order valence-electron chi connectivity index (χ0n) is 24.0. The average Bonchev–Trinajstić information content (AvgIpc) is 3.28. The van der Waals surface area contributed by atoms with Crippen LogP contribution in [0.15, 0.2) is 121 Å². The Kier molecular flexibility index (Phi) is 5.10. The van der Waals surface area contributed by atoms with E-state index in [4.69, 9.17) is 0 Å². The lowest BCUT2D eigenvalue weighted by molar-refractivity contribution is 0.668. The van der Waals surface area contributed by atoms with Crippen molar-refractivity contribution in [3.8, 4) is 22.3 Å². The first kappa shape index (κ1) is 24.1. The van der Waals surface area contributed by atoms with Crippen LogP contribution in [0.1, 0.15) is 38.8 Å². The van der Waals surface area contributed by atoms with Crippen molar-refractivity contribution in [2.45, 2.75) is 33.1 Å². The van der Waals surface area contributed by atoms with Gasteiger partial charge in [-0.25, -0.2) is 0 Å². The smallest absolute Gasteiger partial charge is 0.0171 e. The van der Waals surface area contributed by atoms with Gasteiger partial charge in [-0.2, -0.15) is 0 Å². The van der Waals surface area contributed by atoms with Gasteiger partial charge in [-0.05, 0) is 87.2 Å². The lowest BCUT2D eigenvalue weighted by atomic mass is 9.76. The molecule has 0 atom stereocenters. The molecule has 8 aromatic rings. The van der Waals surface area contributed by atoms with E-state index in [9.17, 15) is 0 Å². The van der Waals surface area contributed by atoms with Crippen molar-refractivity contribution < 1.29 is 0 Å². The number of benzene rings is 8. The Morgan fingerprint density at radius 3 is 1.63 bits per heavy atom. The van der Waals surface area contributed by atoms with Gasteiger partial charge < -0.3 is 0 Å². The molecule has 1 aliphatic carbocycles. The van der Waals surface area contributed by atoms with Crippen LogP contribution >= 0.6 is 0 Å². The van der Waals surface area contributed by atoms with Gasteiger partial charge in [0.1, 0.15) is 0 Å². The van der Waals surface area contributed by atoms with Gasteiger partial charge in [-0.1, -0.05) is 149 Å². The Morgan fingerprint density at radius 1 is 0.366 bits per heavy atom. The lowest BCUT2D eigenvalue weighted by Gasteiger charge is -2.26. The van der Waals surface area contributed by atoms with Crippen LogP contribution in [0, 0.1) is 0 Å². The van der Waals surface area contributed by atoms with Crippen molar-refractivity contribution in [1.82, 2.24) is 0 Å². The van der Waals surface area contributed by atoms with Gasteiger partial charge in [-0.15, -0.1) is 0 Å². The predicted molar refractivity (Wildman–Crippen MR) is 180 cm³/mol. The maximum atomic E-state index is 2.43. The first-order chi connectivity index (χ1) is 20.1. The number of hydrogen-bond acceptors (Lipinski definition) is 0. The van der Waals surface area contributed by atoms with Crippen LogP contribution in [0.2, 0.25) is 0 Å². The summed E-state index contributed by atoms with van der Waals surface area (Å²) < 4.78 is 0. The van der Waals surface area contributed by atoms with Gasteiger partial charge in [0.05, 0.1) is 0 Å². The molecule has 1 aliphatic rings. The van der Waals surface area contributed by atoms with E-state index in [1.54, 1.807) is 0 Å². The molecule has 0 aromatic heterocycles. The SMILES string of the molecule is CC.CC1(C)c2c(cccc2-c2ccc3ccc4cccc5ccc2c3c45)-c2c1c1ccccc1c1ccccc21. The van der Waals surface area contributed by atoms with E-state index in [0.717, 1.165) is 0 Å². The standard InChI is InChI=1S/C39H26.C2H6/c1-39(2)37-31(28-21-19-25-18-17-23-9-7-10-24-20-22-30(28)35(25)34(23)24)15-8-16-33(37)36-29-13-5-3-11-26(29)27-12-4-6-14-32(27)38(36)39;1-2/h3-22H,1-2H3;1-2H3. The van der Waals surface area contributed by atoms with Gasteiger partial charge >= 0.3 is 0 Å². The van der Waals surface area contributed by atoms with Gasteiger partial charge in [0.15, 0.2) is 0 Å². The predicted octanol–water partition coefficient (Wildman–Crippen LogP) is 11.9. The normalized spacial score (nSPS) is 13.6. The summed E-state index contributed by atoms with van der Waals surface area (Å²) >= 11 is 0. The monoisotopic (exact) mass is 524 g/mol. The first-order valence-corrected chi connectivity index (χ1v) is 14.9. The second-order valence-electron chi connectivity index (χ2n) is 11.7. The van der Waals surface area contributed by atoms with Crippen LogP contribution in [-0.2, 0) is 5.41 Å². The van der Waals surface area contributed by atoms with Crippen LogP contribution in [0.25, 0.3) is 76.1 Å². The summed E-state index contributed by atoms with van der Waals surface area (Å²) in [7, 11) is 0. The maximum Gasteiger partial charge on any atom is 0.0171 e. The highest BCUT2D eigenvalue weighted by molar-refractivity contribution is 6.26. The third kappa shape index (κ3) is 3.11. The third-order valence-electron chi connectivity index (χ3n) is 9.34. The maximum absolute atomic E-state index is 2.43. The van der Waals surface area contributed by atoms with Crippen molar-refractivity contribution in [2.24, 2.45) is 0 Å². The molecule has 8 aromatic carbocycles. The molecule has 0 radical (unpaired) electrons. The molecule has 0 saturated carbocycles. The minimum atomic E-state index is -0.144. The summed E-state index contributed by atoms with van der Waals surface area (Å²) in [5.74, 6) is 0. The largest absolute Gasteiger partial charge is 0.0683 e. The van der Waals surface area contributed by atoms with Crippen molar-refractivity contribution in [1.29, 1.82) is 0 Å². The molecule has 0 N–H and O–H groups in total. The Hall–Kier alpha value is -4.68. The molecule has 0 heteroatoms. The fourth-order valence-corrected chi connectivity index (χ4v) is 7.82. The van der Waals surface area contributed by atoms with Crippen molar-refractivity contribution >= 4 is 53.9 Å². The highest BCUT2D eigenvalue weighted by atomic mass is 14.4. The summed E-state index contributed by atoms with van der Waals surface area (Å²) in [6, 6.07) is 45.4. The molecule has 0 amide bonds. The molecular weight excluding hydrogens is 492 g/mol. The van der Waals surface area contributed by atoms with Crippen molar-refractivity contribution in [3.05, 3.63) is 132 Å². The topological polar surface area (TPSA) is 0 Å². The minimum Gasteiger partial charge on any atom is -0.0683 e. The fraction of sp³-hybridized carbons (Fsp3) is 0.122. The molecule has 41 heavy (non-hydrogen) atoms. The van der Waals surface area contributed by atoms with E-state index in [1.807, 2.05) is 13.8 Å². The van der Waals surface area contributed by atoms with Crippen LogP contribution in [0.3, 0.4) is 0 Å². The van der Waals surface area contributed by atoms with Crippen molar-refractivity contribution in [2.75, 3.05) is 0 Å². The van der Waals surface area contributed by atoms with Gasteiger partial charge in [0.25, 0.3) is 0 Å². The highest BCUT2D eigenvalue weighted by Crippen LogP contribution is 2.57. The van der Waals surface area contributed by atoms with Crippen molar-refractivity contribution in [3.63, 3.8) is 0 Å². The molecule has 0 heterocycles. The quantitative estimate of drug-likeness (QED) is 0.187. The fourth-order valence-electron chi connectivity index (χ4n) is 7.82. The van der Waals surface area contributed by atoms with E-state index in [0.29, 0.717) is 0 Å². The van der Waals surface area contributed by atoms with Gasteiger partial charge in [0.2, 0.25) is 0 Å². The second-order valence-corrected chi connectivity index (χ2v) is 11.7. The summed E-state index contributed by atoms with van der Waals surface area (Å²) in [6.07, 6.45) is 0. The summed E-state index contributed by atoms with van der Waals surface area (Å²) in [5, 5.41) is 13.4. The van der Waals surface area contributed by atoms with E-state index in [-0.39, 0.29) is 5.41 Å². The number of hydrogen-bond donors (Lipinski definition) is 0. The lowest BCUT2D eigenvalue weighted by Crippen LogP contribution is -2.17. The van der Waals surface area contributed by atoms with Crippen LogP contribution in [-0.4, -0.2) is 0 Å². The van der Waals surface area contributed by atoms with Crippen LogP contribution < -0.4 is 0 Å². The molecule has 9 rings (SSSR count). The Balaban J connectivity index is 0.00000125. The van der Waals surface area contributed by atoms with Crippen LogP contribution in [0.4, 0.5) is 0 Å². The third-order valence-corrected chi connectivity index (χ3v) is 9.34. The molecule has 0 bridgehead atoms.